The maximum atomic E-state index is 5.84. The van der Waals surface area contributed by atoms with E-state index in [9.17, 15) is 0 Å². The lowest BCUT2D eigenvalue weighted by Gasteiger charge is -2.43. The van der Waals surface area contributed by atoms with Crippen LogP contribution in [0.4, 0.5) is 0 Å². The average Bonchev–Trinajstić information content (AvgIpc) is 2.41. The predicted octanol–water partition coefficient (Wildman–Crippen LogP) is 2.66. The Bertz CT molecular complexity index is 244. The maximum absolute atomic E-state index is 5.84. The van der Waals surface area contributed by atoms with E-state index in [-0.39, 0.29) is 0 Å². The molecule has 0 saturated carbocycles. The van der Waals surface area contributed by atoms with E-state index in [4.69, 9.17) is 4.74 Å². The van der Waals surface area contributed by atoms with Gasteiger partial charge in [-0.15, -0.1) is 0 Å². The lowest BCUT2D eigenvalue weighted by Crippen LogP contribution is -2.48. The summed E-state index contributed by atoms with van der Waals surface area (Å²) in [6.45, 7) is 11.5. The molecule has 1 unspecified atom stereocenters. The van der Waals surface area contributed by atoms with Crippen LogP contribution < -0.4 is 5.32 Å². The Hall–Kier alpha value is -0.120. The van der Waals surface area contributed by atoms with Crippen molar-refractivity contribution in [3.05, 3.63) is 0 Å². The van der Waals surface area contributed by atoms with Gasteiger partial charge >= 0.3 is 0 Å². The first-order valence-electron chi connectivity index (χ1n) is 8.33. The third-order valence-corrected chi connectivity index (χ3v) is 4.87. The Morgan fingerprint density at radius 1 is 1.26 bits per heavy atom. The summed E-state index contributed by atoms with van der Waals surface area (Å²) < 4.78 is 5.84. The van der Waals surface area contributed by atoms with E-state index in [1.165, 1.54) is 64.7 Å². The van der Waals surface area contributed by atoms with Crippen LogP contribution >= 0.6 is 0 Å². The largest absolute Gasteiger partial charge is 0.377 e. The molecule has 2 aliphatic heterocycles. The van der Waals surface area contributed by atoms with Crippen LogP contribution in [0.25, 0.3) is 0 Å². The Kier molecular flexibility index (Phi) is 6.11. The molecule has 2 aliphatic rings. The quantitative estimate of drug-likeness (QED) is 0.801. The minimum Gasteiger partial charge on any atom is -0.377 e. The summed E-state index contributed by atoms with van der Waals surface area (Å²) in [6, 6.07) is 0. The molecule has 0 bridgehead atoms. The number of nitrogens with one attached hydrogen (secondary N) is 1. The van der Waals surface area contributed by atoms with Gasteiger partial charge in [-0.3, -0.25) is 0 Å². The highest BCUT2D eigenvalue weighted by Crippen LogP contribution is 2.35. The van der Waals surface area contributed by atoms with Crippen LogP contribution in [-0.4, -0.2) is 50.3 Å². The second kappa shape index (κ2) is 7.61. The van der Waals surface area contributed by atoms with Crippen LogP contribution in [0, 0.1) is 5.41 Å². The molecule has 0 aromatic rings. The maximum Gasteiger partial charge on any atom is 0.0702 e. The highest BCUT2D eigenvalue weighted by molar-refractivity contribution is 4.88. The van der Waals surface area contributed by atoms with Crippen molar-refractivity contribution in [3.8, 4) is 0 Å². The van der Waals surface area contributed by atoms with Gasteiger partial charge in [0, 0.05) is 19.7 Å². The van der Waals surface area contributed by atoms with E-state index in [1.807, 2.05) is 0 Å². The molecular weight excluding hydrogens is 236 g/mol. The topological polar surface area (TPSA) is 24.5 Å². The SMILES string of the molecule is CCCC1(CN2CCCC(OCC)C2)CCNCC1. The fourth-order valence-electron chi connectivity index (χ4n) is 3.98. The monoisotopic (exact) mass is 268 g/mol. The van der Waals surface area contributed by atoms with Crippen molar-refractivity contribution >= 4 is 0 Å². The fraction of sp³-hybridized carbons (Fsp3) is 1.00. The highest BCUT2D eigenvalue weighted by Gasteiger charge is 2.34. The third-order valence-electron chi connectivity index (χ3n) is 4.87. The van der Waals surface area contributed by atoms with Crippen LogP contribution in [0.15, 0.2) is 0 Å². The van der Waals surface area contributed by atoms with E-state index >= 15 is 0 Å². The zero-order valence-corrected chi connectivity index (χ0v) is 12.9. The van der Waals surface area contributed by atoms with Gasteiger partial charge in [0.15, 0.2) is 0 Å². The molecule has 2 heterocycles. The van der Waals surface area contributed by atoms with Gasteiger partial charge in [0.2, 0.25) is 0 Å². The average molecular weight is 268 g/mol. The minimum absolute atomic E-state index is 0.485. The first-order valence-corrected chi connectivity index (χ1v) is 8.33. The van der Waals surface area contributed by atoms with Crippen LogP contribution in [0.1, 0.15) is 52.4 Å². The van der Waals surface area contributed by atoms with Crippen molar-refractivity contribution in [1.29, 1.82) is 0 Å². The van der Waals surface area contributed by atoms with Crippen LogP contribution in [0.2, 0.25) is 0 Å². The zero-order chi connectivity index (χ0) is 13.6. The lowest BCUT2D eigenvalue weighted by atomic mass is 9.74. The van der Waals surface area contributed by atoms with E-state index in [2.05, 4.69) is 24.1 Å². The van der Waals surface area contributed by atoms with E-state index < -0.39 is 0 Å². The number of hydrogen-bond acceptors (Lipinski definition) is 3. The first kappa shape index (κ1) is 15.3. The summed E-state index contributed by atoms with van der Waals surface area (Å²) in [6.07, 6.45) is 8.48. The van der Waals surface area contributed by atoms with E-state index in [1.54, 1.807) is 0 Å². The Labute approximate surface area is 119 Å². The molecule has 0 spiro atoms. The van der Waals surface area contributed by atoms with Crippen molar-refractivity contribution in [1.82, 2.24) is 10.2 Å². The van der Waals surface area contributed by atoms with Crippen molar-refractivity contribution in [2.45, 2.75) is 58.5 Å². The van der Waals surface area contributed by atoms with Gasteiger partial charge in [0.1, 0.15) is 0 Å². The van der Waals surface area contributed by atoms with Gasteiger partial charge in [-0.05, 0) is 64.1 Å². The van der Waals surface area contributed by atoms with Gasteiger partial charge < -0.3 is 15.0 Å². The Morgan fingerprint density at radius 2 is 2.05 bits per heavy atom. The number of hydrogen-bond donors (Lipinski definition) is 1. The summed E-state index contributed by atoms with van der Waals surface area (Å²) in [7, 11) is 0. The van der Waals surface area contributed by atoms with Gasteiger partial charge in [-0.1, -0.05) is 13.3 Å². The molecule has 1 N–H and O–H groups in total. The van der Waals surface area contributed by atoms with Gasteiger partial charge in [0.05, 0.1) is 6.10 Å². The predicted molar refractivity (Wildman–Crippen MR) is 80.5 cm³/mol. The van der Waals surface area contributed by atoms with Crippen LogP contribution in [-0.2, 0) is 4.74 Å². The van der Waals surface area contributed by atoms with E-state index in [0.717, 1.165) is 13.2 Å². The fourth-order valence-corrected chi connectivity index (χ4v) is 3.98. The molecule has 1 atom stereocenters. The summed E-state index contributed by atoms with van der Waals surface area (Å²) in [5, 5.41) is 3.52. The Morgan fingerprint density at radius 3 is 2.74 bits per heavy atom. The third kappa shape index (κ3) is 4.44. The molecule has 0 aromatic carbocycles. The summed E-state index contributed by atoms with van der Waals surface area (Å²) in [5.74, 6) is 0. The first-order chi connectivity index (χ1) is 9.28. The standard InChI is InChI=1S/C16H32N2O/c1-3-7-16(8-10-17-11-9-16)14-18-12-5-6-15(13-18)19-4-2/h15,17H,3-14H2,1-2H3. The Balaban J connectivity index is 1.88. The smallest absolute Gasteiger partial charge is 0.0702 e. The van der Waals surface area contributed by atoms with Crippen molar-refractivity contribution in [2.24, 2.45) is 5.41 Å². The molecule has 3 nitrogen and oxygen atoms in total. The molecular formula is C16H32N2O. The zero-order valence-electron chi connectivity index (χ0n) is 12.9. The molecule has 19 heavy (non-hydrogen) atoms. The van der Waals surface area contributed by atoms with E-state index in [0.29, 0.717) is 11.5 Å². The molecule has 3 heteroatoms. The normalized spacial score (nSPS) is 28.4. The number of rotatable bonds is 6. The molecule has 2 saturated heterocycles. The highest BCUT2D eigenvalue weighted by atomic mass is 16.5. The van der Waals surface area contributed by atoms with Crippen molar-refractivity contribution in [2.75, 3.05) is 39.3 Å². The summed E-state index contributed by atoms with van der Waals surface area (Å²) >= 11 is 0. The van der Waals surface area contributed by atoms with Gasteiger partial charge in [0.25, 0.3) is 0 Å². The molecule has 0 aliphatic carbocycles. The number of nitrogens with zero attached hydrogens (tertiary/aromatic N) is 1. The molecule has 2 fully saturated rings. The van der Waals surface area contributed by atoms with Crippen LogP contribution in [0.3, 0.4) is 0 Å². The number of piperidine rings is 2. The molecule has 0 aromatic heterocycles. The second-order valence-corrected chi connectivity index (χ2v) is 6.45. The van der Waals surface area contributed by atoms with Crippen molar-refractivity contribution < 1.29 is 4.74 Å². The molecule has 0 amide bonds. The van der Waals surface area contributed by atoms with Gasteiger partial charge in [-0.25, -0.2) is 0 Å². The molecule has 0 radical (unpaired) electrons. The second-order valence-electron chi connectivity index (χ2n) is 6.45. The van der Waals surface area contributed by atoms with Gasteiger partial charge in [-0.2, -0.15) is 0 Å². The molecule has 112 valence electrons. The minimum atomic E-state index is 0.485. The number of ether oxygens (including phenoxy) is 1. The van der Waals surface area contributed by atoms with Crippen LogP contribution in [0.5, 0.6) is 0 Å². The lowest BCUT2D eigenvalue weighted by molar-refractivity contribution is -0.0123. The summed E-state index contributed by atoms with van der Waals surface area (Å²) in [5.41, 5.74) is 0.577. The summed E-state index contributed by atoms with van der Waals surface area (Å²) in [4.78, 5) is 2.69. The van der Waals surface area contributed by atoms with Crippen molar-refractivity contribution in [3.63, 3.8) is 0 Å². The number of likely N-dealkylation sites (tertiary alicyclic amines) is 1. The molecule has 2 rings (SSSR count).